The first-order valence-corrected chi connectivity index (χ1v) is 9.12. The van der Waals surface area contributed by atoms with Crippen LogP contribution in [0.1, 0.15) is 17.0 Å². The van der Waals surface area contributed by atoms with Gasteiger partial charge in [-0.2, -0.15) is 0 Å². The van der Waals surface area contributed by atoms with Crippen molar-refractivity contribution in [2.24, 2.45) is 0 Å². The van der Waals surface area contributed by atoms with Crippen LogP contribution in [0.4, 0.5) is 0 Å². The van der Waals surface area contributed by atoms with Gasteiger partial charge in [-0.05, 0) is 23.3 Å². The van der Waals surface area contributed by atoms with E-state index < -0.39 is 17.9 Å². The minimum Gasteiger partial charge on any atom is -0.489 e. The Bertz CT molecular complexity index is 898. The van der Waals surface area contributed by atoms with Crippen LogP contribution in [0.25, 0.3) is 0 Å². The molecule has 29 heavy (non-hydrogen) atoms. The van der Waals surface area contributed by atoms with Gasteiger partial charge in [0, 0.05) is 19.4 Å². The highest BCUT2D eigenvalue weighted by Gasteiger charge is 2.34. The molecular formula is C23H23NO5. The standard InChI is InChI=1S/C23H23NO5/c1-24-13-19(22(25)27-2)21(20(14-24)23(26)28-3)17-9-11-18(12-10-17)29-15-16-7-5-4-6-8-16/h4-14,21H,15H2,1-3H3. The summed E-state index contributed by atoms with van der Waals surface area (Å²) in [6.45, 7) is 0.453. The second kappa shape index (κ2) is 9.10. The van der Waals surface area contributed by atoms with Gasteiger partial charge in [-0.1, -0.05) is 42.5 Å². The van der Waals surface area contributed by atoms with Crippen LogP contribution < -0.4 is 4.74 Å². The molecule has 0 saturated carbocycles. The Morgan fingerprint density at radius 3 is 1.93 bits per heavy atom. The number of rotatable bonds is 6. The highest BCUT2D eigenvalue weighted by molar-refractivity contribution is 5.98. The largest absolute Gasteiger partial charge is 0.489 e. The first-order chi connectivity index (χ1) is 14.0. The smallest absolute Gasteiger partial charge is 0.336 e. The Morgan fingerprint density at radius 2 is 1.41 bits per heavy atom. The highest BCUT2D eigenvalue weighted by atomic mass is 16.5. The Morgan fingerprint density at radius 1 is 0.862 bits per heavy atom. The minimum absolute atomic E-state index is 0.357. The zero-order valence-corrected chi connectivity index (χ0v) is 16.6. The van der Waals surface area contributed by atoms with Crippen molar-refractivity contribution in [1.82, 2.24) is 4.90 Å². The van der Waals surface area contributed by atoms with Crippen molar-refractivity contribution < 1.29 is 23.8 Å². The van der Waals surface area contributed by atoms with Gasteiger partial charge in [-0.3, -0.25) is 0 Å². The molecule has 0 aliphatic carbocycles. The van der Waals surface area contributed by atoms with Crippen molar-refractivity contribution in [1.29, 1.82) is 0 Å². The minimum atomic E-state index is -0.589. The van der Waals surface area contributed by atoms with E-state index in [4.69, 9.17) is 14.2 Å². The summed E-state index contributed by atoms with van der Waals surface area (Å²) in [5.74, 6) is -0.895. The van der Waals surface area contributed by atoms with Gasteiger partial charge in [0.1, 0.15) is 12.4 Å². The quantitative estimate of drug-likeness (QED) is 0.701. The molecule has 0 fully saturated rings. The number of benzene rings is 2. The third-order valence-corrected chi connectivity index (χ3v) is 4.61. The number of carbonyl (C=O) groups excluding carboxylic acids is 2. The van der Waals surface area contributed by atoms with Crippen LogP contribution in [0.15, 0.2) is 78.1 Å². The average Bonchev–Trinajstić information content (AvgIpc) is 2.77. The summed E-state index contributed by atoms with van der Waals surface area (Å²) < 4.78 is 15.7. The molecular weight excluding hydrogens is 370 g/mol. The number of hydrogen-bond donors (Lipinski definition) is 0. The normalized spacial score (nSPS) is 14.0. The molecule has 0 bridgehead atoms. The topological polar surface area (TPSA) is 65.1 Å². The van der Waals surface area contributed by atoms with E-state index in [2.05, 4.69) is 0 Å². The summed E-state index contributed by atoms with van der Waals surface area (Å²) in [6.07, 6.45) is 3.31. The van der Waals surface area contributed by atoms with E-state index in [1.54, 1.807) is 24.3 Å². The van der Waals surface area contributed by atoms with Crippen molar-refractivity contribution in [2.45, 2.75) is 12.5 Å². The van der Waals surface area contributed by atoms with Gasteiger partial charge < -0.3 is 19.1 Å². The molecule has 1 aliphatic heterocycles. The molecule has 0 N–H and O–H groups in total. The Hall–Kier alpha value is -3.54. The monoisotopic (exact) mass is 393 g/mol. The molecule has 0 atom stereocenters. The lowest BCUT2D eigenvalue weighted by molar-refractivity contribution is -0.137. The summed E-state index contributed by atoms with van der Waals surface area (Å²) in [5, 5.41) is 0. The predicted octanol–water partition coefficient (Wildman–Crippen LogP) is 3.41. The Balaban J connectivity index is 1.86. The second-order valence-corrected chi connectivity index (χ2v) is 6.59. The van der Waals surface area contributed by atoms with Crippen LogP contribution in [0.2, 0.25) is 0 Å². The van der Waals surface area contributed by atoms with Gasteiger partial charge in [0.15, 0.2) is 0 Å². The van der Waals surface area contributed by atoms with Crippen LogP contribution in [0, 0.1) is 0 Å². The number of carbonyl (C=O) groups is 2. The molecule has 1 heterocycles. The third kappa shape index (κ3) is 4.66. The fraction of sp³-hybridized carbons (Fsp3) is 0.217. The highest BCUT2D eigenvalue weighted by Crippen LogP contribution is 2.37. The lowest BCUT2D eigenvalue weighted by Gasteiger charge is -2.28. The van der Waals surface area contributed by atoms with Crippen molar-refractivity contribution >= 4 is 11.9 Å². The molecule has 2 aromatic carbocycles. The van der Waals surface area contributed by atoms with E-state index >= 15 is 0 Å². The molecule has 2 aromatic rings. The first-order valence-electron chi connectivity index (χ1n) is 9.12. The average molecular weight is 393 g/mol. The third-order valence-electron chi connectivity index (χ3n) is 4.61. The second-order valence-electron chi connectivity index (χ2n) is 6.59. The van der Waals surface area contributed by atoms with Crippen molar-refractivity contribution in [2.75, 3.05) is 21.3 Å². The fourth-order valence-corrected chi connectivity index (χ4v) is 3.23. The summed E-state index contributed by atoms with van der Waals surface area (Å²) in [5.41, 5.74) is 2.55. The molecule has 0 unspecified atom stereocenters. The fourth-order valence-electron chi connectivity index (χ4n) is 3.23. The molecule has 3 rings (SSSR count). The summed E-state index contributed by atoms with van der Waals surface area (Å²) >= 11 is 0. The van der Waals surface area contributed by atoms with Crippen molar-refractivity contribution in [3.8, 4) is 5.75 Å². The van der Waals surface area contributed by atoms with Gasteiger partial charge in [-0.15, -0.1) is 0 Å². The van der Waals surface area contributed by atoms with Crippen LogP contribution in [-0.4, -0.2) is 38.1 Å². The maximum absolute atomic E-state index is 12.4. The van der Waals surface area contributed by atoms with E-state index in [1.807, 2.05) is 54.6 Å². The molecule has 0 saturated heterocycles. The van der Waals surface area contributed by atoms with Gasteiger partial charge in [-0.25, -0.2) is 9.59 Å². The number of esters is 2. The number of methoxy groups -OCH3 is 2. The first kappa shape index (κ1) is 20.2. The number of hydrogen-bond acceptors (Lipinski definition) is 6. The van der Waals surface area contributed by atoms with Crippen molar-refractivity contribution in [3.05, 3.63) is 89.3 Å². The maximum Gasteiger partial charge on any atom is 0.336 e. The van der Waals surface area contributed by atoms with Gasteiger partial charge in [0.05, 0.1) is 31.3 Å². The zero-order chi connectivity index (χ0) is 20.8. The molecule has 0 spiro atoms. The molecule has 150 valence electrons. The van der Waals surface area contributed by atoms with Gasteiger partial charge >= 0.3 is 11.9 Å². The Kier molecular flexibility index (Phi) is 6.34. The SMILES string of the molecule is COC(=O)C1=CN(C)C=C(C(=O)OC)C1c1ccc(OCc2ccccc2)cc1. The zero-order valence-electron chi connectivity index (χ0n) is 16.6. The molecule has 1 aliphatic rings. The lowest BCUT2D eigenvalue weighted by atomic mass is 9.83. The molecule has 0 radical (unpaired) electrons. The van der Waals surface area contributed by atoms with E-state index in [1.165, 1.54) is 14.2 Å². The molecule has 6 heteroatoms. The lowest BCUT2D eigenvalue weighted by Crippen LogP contribution is -2.27. The van der Waals surface area contributed by atoms with Gasteiger partial charge in [0.2, 0.25) is 0 Å². The van der Waals surface area contributed by atoms with E-state index in [-0.39, 0.29) is 0 Å². The Labute approximate surface area is 170 Å². The molecule has 0 amide bonds. The van der Waals surface area contributed by atoms with Crippen molar-refractivity contribution in [3.63, 3.8) is 0 Å². The van der Waals surface area contributed by atoms with Gasteiger partial charge in [0.25, 0.3) is 0 Å². The van der Waals surface area contributed by atoms with Crippen LogP contribution >= 0.6 is 0 Å². The summed E-state index contributed by atoms with van der Waals surface area (Å²) in [6, 6.07) is 17.2. The van der Waals surface area contributed by atoms with E-state index in [9.17, 15) is 9.59 Å². The van der Waals surface area contributed by atoms with E-state index in [0.29, 0.717) is 23.5 Å². The van der Waals surface area contributed by atoms with Crippen LogP contribution in [-0.2, 0) is 25.7 Å². The number of nitrogens with zero attached hydrogens (tertiary/aromatic N) is 1. The number of ether oxygens (including phenoxy) is 3. The van der Waals surface area contributed by atoms with Crippen LogP contribution in [0.5, 0.6) is 5.75 Å². The molecule has 6 nitrogen and oxygen atoms in total. The summed E-state index contributed by atoms with van der Waals surface area (Å²) in [4.78, 5) is 26.4. The maximum atomic E-state index is 12.4. The van der Waals surface area contributed by atoms with Crippen LogP contribution in [0.3, 0.4) is 0 Å². The van der Waals surface area contributed by atoms with E-state index in [0.717, 1.165) is 11.1 Å². The predicted molar refractivity (Wildman–Crippen MR) is 108 cm³/mol. The molecule has 0 aromatic heterocycles. The summed E-state index contributed by atoms with van der Waals surface area (Å²) in [7, 11) is 4.37.